The lowest BCUT2D eigenvalue weighted by atomic mass is 9.98. The fourth-order valence-corrected chi connectivity index (χ4v) is 3.59. The molecule has 1 unspecified atom stereocenters. The topological polar surface area (TPSA) is 97.6 Å². The van der Waals surface area contributed by atoms with Crippen LogP contribution in [0, 0.1) is 0 Å². The molecule has 0 radical (unpaired) electrons. The van der Waals surface area contributed by atoms with Crippen LogP contribution in [0.1, 0.15) is 34.9 Å². The normalized spacial score (nSPS) is 16.6. The SMILES string of the molecule is CNc1nccn2c(C3CCCNC3=O)nc(-c3ccc(C(=O)OC)cc3)c12. The first kappa shape index (κ1) is 18.0. The Morgan fingerprint density at radius 2 is 2.11 bits per heavy atom. The summed E-state index contributed by atoms with van der Waals surface area (Å²) in [4.78, 5) is 33.4. The van der Waals surface area contributed by atoms with Crippen LogP contribution in [0.25, 0.3) is 16.8 Å². The van der Waals surface area contributed by atoms with Gasteiger partial charge in [0.05, 0.1) is 18.6 Å². The second kappa shape index (κ2) is 7.30. The number of imidazole rings is 1. The maximum atomic E-state index is 12.4. The van der Waals surface area contributed by atoms with Gasteiger partial charge in [-0.15, -0.1) is 0 Å². The monoisotopic (exact) mass is 379 g/mol. The van der Waals surface area contributed by atoms with Gasteiger partial charge in [-0.05, 0) is 25.0 Å². The van der Waals surface area contributed by atoms with Crippen LogP contribution in [-0.2, 0) is 9.53 Å². The van der Waals surface area contributed by atoms with Crippen molar-refractivity contribution in [3.8, 4) is 11.3 Å². The molecule has 0 bridgehead atoms. The zero-order valence-electron chi connectivity index (χ0n) is 15.7. The van der Waals surface area contributed by atoms with Crippen molar-refractivity contribution in [3.05, 3.63) is 48.0 Å². The maximum absolute atomic E-state index is 12.4. The summed E-state index contributed by atoms with van der Waals surface area (Å²) in [6.07, 6.45) is 5.18. The quantitative estimate of drug-likeness (QED) is 0.675. The second-order valence-corrected chi connectivity index (χ2v) is 6.62. The van der Waals surface area contributed by atoms with E-state index in [2.05, 4.69) is 15.6 Å². The molecule has 1 aliphatic rings. The molecule has 4 rings (SSSR count). The molecule has 3 heterocycles. The fraction of sp³-hybridized carbons (Fsp3) is 0.300. The van der Waals surface area contributed by atoms with Gasteiger partial charge in [0.25, 0.3) is 0 Å². The summed E-state index contributed by atoms with van der Waals surface area (Å²) in [7, 11) is 3.15. The molecule has 0 spiro atoms. The number of carbonyl (C=O) groups is 2. The minimum atomic E-state index is -0.390. The average Bonchev–Trinajstić information content (AvgIpc) is 3.13. The molecule has 28 heavy (non-hydrogen) atoms. The number of hydrogen-bond donors (Lipinski definition) is 2. The third-order valence-corrected chi connectivity index (χ3v) is 5.00. The molecule has 144 valence electrons. The largest absolute Gasteiger partial charge is 0.465 e. The highest BCUT2D eigenvalue weighted by atomic mass is 16.5. The minimum Gasteiger partial charge on any atom is -0.465 e. The van der Waals surface area contributed by atoms with Gasteiger partial charge in [0, 0.05) is 31.5 Å². The van der Waals surface area contributed by atoms with E-state index < -0.39 is 5.97 Å². The molecule has 8 nitrogen and oxygen atoms in total. The summed E-state index contributed by atoms with van der Waals surface area (Å²) in [6, 6.07) is 7.06. The zero-order valence-corrected chi connectivity index (χ0v) is 15.7. The first-order valence-electron chi connectivity index (χ1n) is 9.15. The van der Waals surface area contributed by atoms with Crippen LogP contribution < -0.4 is 10.6 Å². The predicted molar refractivity (Wildman–Crippen MR) is 104 cm³/mol. The number of anilines is 1. The Kier molecular flexibility index (Phi) is 4.68. The fourth-order valence-electron chi connectivity index (χ4n) is 3.59. The van der Waals surface area contributed by atoms with Crippen LogP contribution in [0.3, 0.4) is 0 Å². The number of methoxy groups -OCH3 is 1. The molecule has 1 aromatic carbocycles. The minimum absolute atomic E-state index is 0.00596. The molecule has 1 fully saturated rings. The number of nitrogens with zero attached hydrogens (tertiary/aromatic N) is 3. The van der Waals surface area contributed by atoms with Crippen LogP contribution >= 0.6 is 0 Å². The van der Waals surface area contributed by atoms with Crippen molar-refractivity contribution in [2.75, 3.05) is 26.0 Å². The number of benzene rings is 1. The van der Waals surface area contributed by atoms with Crippen molar-refractivity contribution in [3.63, 3.8) is 0 Å². The van der Waals surface area contributed by atoms with Crippen LogP contribution in [0.4, 0.5) is 5.82 Å². The van der Waals surface area contributed by atoms with E-state index in [0.717, 1.165) is 23.9 Å². The molecule has 2 N–H and O–H groups in total. The van der Waals surface area contributed by atoms with Gasteiger partial charge in [-0.3, -0.25) is 9.20 Å². The van der Waals surface area contributed by atoms with Crippen LogP contribution in [0.2, 0.25) is 0 Å². The number of amides is 1. The van der Waals surface area contributed by atoms with E-state index in [1.807, 2.05) is 22.7 Å². The highest BCUT2D eigenvalue weighted by Crippen LogP contribution is 2.33. The standard InChI is InChI=1S/C20H21N5O3/c1-21-17-16-15(12-5-7-13(8-6-12)20(27)28-2)24-18(25(16)11-10-22-17)14-4-3-9-23-19(14)26/h5-8,10-11,14H,3-4,9H2,1-2H3,(H,21,22)(H,23,26). The summed E-state index contributed by atoms with van der Waals surface area (Å²) < 4.78 is 6.69. The van der Waals surface area contributed by atoms with E-state index >= 15 is 0 Å². The molecule has 0 aliphatic carbocycles. The Morgan fingerprint density at radius 3 is 2.79 bits per heavy atom. The van der Waals surface area contributed by atoms with E-state index in [1.54, 1.807) is 25.4 Å². The van der Waals surface area contributed by atoms with E-state index in [1.165, 1.54) is 7.11 Å². The molecule has 1 atom stereocenters. The molecular formula is C20H21N5O3. The van der Waals surface area contributed by atoms with Crippen molar-refractivity contribution in [1.82, 2.24) is 19.7 Å². The number of piperidine rings is 1. The molecular weight excluding hydrogens is 358 g/mol. The number of ether oxygens (including phenoxy) is 1. The van der Waals surface area contributed by atoms with E-state index in [0.29, 0.717) is 29.4 Å². The molecule has 1 amide bonds. The molecule has 8 heteroatoms. The molecule has 3 aromatic rings. The highest BCUT2D eigenvalue weighted by molar-refractivity contribution is 5.92. The van der Waals surface area contributed by atoms with Crippen molar-refractivity contribution in [2.45, 2.75) is 18.8 Å². The van der Waals surface area contributed by atoms with Crippen LogP contribution in [-0.4, -0.2) is 46.9 Å². The van der Waals surface area contributed by atoms with Gasteiger partial charge in [-0.2, -0.15) is 0 Å². The zero-order chi connectivity index (χ0) is 19.7. The van der Waals surface area contributed by atoms with Crippen molar-refractivity contribution < 1.29 is 14.3 Å². The number of nitrogens with one attached hydrogen (secondary N) is 2. The summed E-state index contributed by atoms with van der Waals surface area (Å²) >= 11 is 0. The molecule has 2 aromatic heterocycles. The van der Waals surface area contributed by atoms with E-state index in [9.17, 15) is 9.59 Å². The lowest BCUT2D eigenvalue weighted by Crippen LogP contribution is -2.35. The lowest BCUT2D eigenvalue weighted by molar-refractivity contribution is -0.124. The number of carbonyl (C=O) groups excluding carboxylic acids is 2. The number of esters is 1. The van der Waals surface area contributed by atoms with Gasteiger partial charge in [0.2, 0.25) is 5.91 Å². The Labute approximate surface area is 161 Å². The Balaban J connectivity index is 1.88. The molecule has 1 aliphatic heterocycles. The first-order valence-corrected chi connectivity index (χ1v) is 9.15. The number of aromatic nitrogens is 3. The van der Waals surface area contributed by atoms with Gasteiger partial charge >= 0.3 is 5.97 Å². The van der Waals surface area contributed by atoms with Crippen molar-refractivity contribution >= 4 is 23.2 Å². The summed E-state index contributed by atoms with van der Waals surface area (Å²) in [6.45, 7) is 0.698. The highest BCUT2D eigenvalue weighted by Gasteiger charge is 2.30. The summed E-state index contributed by atoms with van der Waals surface area (Å²) in [5.74, 6) is 0.658. The van der Waals surface area contributed by atoms with Crippen LogP contribution in [0.15, 0.2) is 36.7 Å². The van der Waals surface area contributed by atoms with Gasteiger partial charge in [0.15, 0.2) is 5.82 Å². The van der Waals surface area contributed by atoms with Gasteiger partial charge < -0.3 is 15.4 Å². The number of rotatable bonds is 4. The van der Waals surface area contributed by atoms with Crippen molar-refractivity contribution in [2.24, 2.45) is 0 Å². The Bertz CT molecular complexity index is 1040. The second-order valence-electron chi connectivity index (χ2n) is 6.62. The van der Waals surface area contributed by atoms with Gasteiger partial charge in [-0.25, -0.2) is 14.8 Å². The van der Waals surface area contributed by atoms with E-state index in [4.69, 9.17) is 9.72 Å². The summed E-state index contributed by atoms with van der Waals surface area (Å²) in [5, 5.41) is 6.02. The van der Waals surface area contributed by atoms with E-state index in [-0.39, 0.29) is 11.8 Å². The molecule has 0 saturated carbocycles. The van der Waals surface area contributed by atoms with Gasteiger partial charge in [-0.1, -0.05) is 12.1 Å². The first-order chi connectivity index (χ1) is 13.6. The number of fused-ring (bicyclic) bond motifs is 1. The Morgan fingerprint density at radius 1 is 1.32 bits per heavy atom. The third-order valence-electron chi connectivity index (χ3n) is 5.00. The molecule has 1 saturated heterocycles. The van der Waals surface area contributed by atoms with Crippen LogP contribution in [0.5, 0.6) is 0 Å². The summed E-state index contributed by atoms with van der Waals surface area (Å²) in [5.41, 5.74) is 2.80. The third kappa shape index (κ3) is 2.96. The lowest BCUT2D eigenvalue weighted by Gasteiger charge is -2.20. The van der Waals surface area contributed by atoms with Crippen molar-refractivity contribution in [1.29, 1.82) is 0 Å². The Hall–Kier alpha value is -3.42. The maximum Gasteiger partial charge on any atom is 0.337 e. The number of hydrogen-bond acceptors (Lipinski definition) is 6. The predicted octanol–water partition coefficient (Wildman–Crippen LogP) is 2.22. The average molecular weight is 379 g/mol. The smallest absolute Gasteiger partial charge is 0.337 e. The van der Waals surface area contributed by atoms with Gasteiger partial charge in [0.1, 0.15) is 17.0 Å².